The Morgan fingerprint density at radius 2 is 1.62 bits per heavy atom. The first kappa shape index (κ1) is 32.5. The minimum atomic E-state index is -0.492. The van der Waals surface area contributed by atoms with E-state index in [2.05, 4.69) is 85.7 Å². The van der Waals surface area contributed by atoms with Gasteiger partial charge < -0.3 is 9.57 Å². The summed E-state index contributed by atoms with van der Waals surface area (Å²) < 4.78 is 5.59. The number of carbonyl (C=O) groups excluding carboxylic acids is 2. The third-order valence-corrected chi connectivity index (χ3v) is 14.7. The number of esters is 1. The Labute approximate surface area is 272 Å². The molecule has 0 unspecified atom stereocenters. The van der Waals surface area contributed by atoms with E-state index in [1.807, 2.05) is 6.92 Å². The molecule has 5 nitrogen and oxygen atoms in total. The molecule has 8 atom stereocenters. The Morgan fingerprint density at radius 1 is 0.933 bits per heavy atom. The molecule has 1 aromatic carbocycles. The van der Waals surface area contributed by atoms with Gasteiger partial charge >= 0.3 is 5.97 Å². The molecular formula is C40H57NO4. The van der Waals surface area contributed by atoms with Crippen LogP contribution in [0.5, 0.6) is 0 Å². The van der Waals surface area contributed by atoms with E-state index < -0.39 is 5.41 Å². The van der Waals surface area contributed by atoms with E-state index in [4.69, 9.17) is 14.7 Å². The van der Waals surface area contributed by atoms with Crippen molar-refractivity contribution < 1.29 is 19.2 Å². The Kier molecular flexibility index (Phi) is 7.81. The highest BCUT2D eigenvalue weighted by molar-refractivity contribution is 5.97. The van der Waals surface area contributed by atoms with Gasteiger partial charge in [-0.1, -0.05) is 82.1 Å². The standard InChI is InChI=1S/C40H57NO4/c1-10-44-34(43)37(6)20-19-36(5)21-22-39(8)28(29(36)24-37)23-30(42)33-38(7)17-16-32(35(3,4)31(38)15-18-40(33,39)9)41-45-25-27-13-11-26(2)12-14-27/h11-14,23,29,31,33H,10,15-22,24-25H2,1-9H3/b41-32+/t29-,31-,33+,36+,37-,38-,39+,40+/m0/s1. The molecule has 0 radical (unpaired) electrons. The van der Waals surface area contributed by atoms with E-state index in [1.165, 1.54) is 11.1 Å². The highest BCUT2D eigenvalue weighted by atomic mass is 16.6. The molecule has 0 saturated heterocycles. The van der Waals surface area contributed by atoms with Crippen LogP contribution in [-0.4, -0.2) is 24.1 Å². The summed E-state index contributed by atoms with van der Waals surface area (Å²) in [6.07, 6.45) is 11.0. The molecule has 0 amide bonds. The van der Waals surface area contributed by atoms with Crippen LogP contribution in [0.2, 0.25) is 0 Å². The van der Waals surface area contributed by atoms with E-state index in [0.29, 0.717) is 24.9 Å². The van der Waals surface area contributed by atoms with E-state index in [9.17, 15) is 9.59 Å². The lowest BCUT2D eigenvalue weighted by Gasteiger charge is -2.70. The van der Waals surface area contributed by atoms with Crippen molar-refractivity contribution in [3.8, 4) is 0 Å². The largest absolute Gasteiger partial charge is 0.466 e. The van der Waals surface area contributed by atoms with Crippen LogP contribution in [0.4, 0.5) is 0 Å². The number of oxime groups is 1. The van der Waals surface area contributed by atoms with Crippen LogP contribution >= 0.6 is 0 Å². The lowest BCUT2D eigenvalue weighted by Crippen LogP contribution is -2.66. The van der Waals surface area contributed by atoms with Gasteiger partial charge in [-0.15, -0.1) is 0 Å². The average Bonchev–Trinajstić information content (AvgIpc) is 2.97. The van der Waals surface area contributed by atoms with Gasteiger partial charge in [0.1, 0.15) is 6.61 Å². The Balaban J connectivity index is 1.30. The number of rotatable bonds is 5. The third kappa shape index (κ3) is 4.79. The quantitative estimate of drug-likeness (QED) is 0.245. The summed E-state index contributed by atoms with van der Waals surface area (Å²) in [5.74, 6) is 0.840. The molecule has 1 aromatic rings. The van der Waals surface area contributed by atoms with Gasteiger partial charge in [-0.05, 0) is 124 Å². The van der Waals surface area contributed by atoms with Crippen molar-refractivity contribution in [2.45, 2.75) is 127 Å². The first-order valence-electron chi connectivity index (χ1n) is 17.7. The molecule has 6 rings (SSSR count). The van der Waals surface area contributed by atoms with Crippen LogP contribution in [0.25, 0.3) is 0 Å². The predicted molar refractivity (Wildman–Crippen MR) is 179 cm³/mol. The van der Waals surface area contributed by atoms with Gasteiger partial charge in [-0.3, -0.25) is 9.59 Å². The second kappa shape index (κ2) is 10.8. The number of hydrogen-bond acceptors (Lipinski definition) is 5. The summed E-state index contributed by atoms with van der Waals surface area (Å²) >= 11 is 0. The number of carbonyl (C=O) groups is 2. The maximum atomic E-state index is 14.7. The number of hydrogen-bond donors (Lipinski definition) is 0. The number of ketones is 1. The molecule has 4 saturated carbocycles. The van der Waals surface area contributed by atoms with Gasteiger partial charge in [-0.2, -0.15) is 0 Å². The number of ether oxygens (including phenoxy) is 1. The molecule has 246 valence electrons. The third-order valence-electron chi connectivity index (χ3n) is 14.7. The van der Waals surface area contributed by atoms with Gasteiger partial charge in [-0.25, -0.2) is 0 Å². The van der Waals surface area contributed by atoms with Crippen molar-refractivity contribution in [2.75, 3.05) is 6.61 Å². The van der Waals surface area contributed by atoms with Crippen LogP contribution in [0.1, 0.15) is 124 Å². The SMILES string of the molecule is CCOC(=O)[C@@]1(C)CC[C@]2(C)CC[C@]3(C)C(=CC(=O)[C@@H]4[C@@]5(C)CC/C(=N\OCc6ccc(C)cc6)C(C)(C)[C@@H]5CC[C@]43C)[C@@H]2C1. The Bertz CT molecular complexity index is 1420. The summed E-state index contributed by atoms with van der Waals surface area (Å²) in [4.78, 5) is 33.9. The fraction of sp³-hybridized carbons (Fsp3) is 0.725. The monoisotopic (exact) mass is 615 g/mol. The molecule has 0 spiro atoms. The Morgan fingerprint density at radius 3 is 2.31 bits per heavy atom. The minimum Gasteiger partial charge on any atom is -0.466 e. The first-order chi connectivity index (χ1) is 21.0. The minimum absolute atomic E-state index is 0.0174. The maximum absolute atomic E-state index is 14.7. The van der Waals surface area contributed by atoms with Crippen LogP contribution < -0.4 is 0 Å². The summed E-state index contributed by atoms with van der Waals surface area (Å²) in [6, 6.07) is 8.44. The number of fused-ring (bicyclic) bond motifs is 7. The first-order valence-corrected chi connectivity index (χ1v) is 17.7. The highest BCUT2D eigenvalue weighted by Crippen LogP contribution is 2.75. The van der Waals surface area contributed by atoms with Crippen molar-refractivity contribution in [1.82, 2.24) is 0 Å². The molecular weight excluding hydrogens is 558 g/mol. The summed E-state index contributed by atoms with van der Waals surface area (Å²) in [5.41, 5.74) is 4.05. The van der Waals surface area contributed by atoms with Crippen molar-refractivity contribution in [2.24, 2.45) is 55.4 Å². The fourth-order valence-electron chi connectivity index (χ4n) is 11.5. The molecule has 0 bridgehead atoms. The average molecular weight is 616 g/mol. The number of aryl methyl sites for hydroxylation is 1. The normalized spacial score (nSPS) is 42.9. The summed E-state index contributed by atoms with van der Waals surface area (Å²) in [7, 11) is 0. The highest BCUT2D eigenvalue weighted by Gasteiger charge is 2.70. The van der Waals surface area contributed by atoms with Crippen LogP contribution in [0.3, 0.4) is 0 Å². The van der Waals surface area contributed by atoms with Gasteiger partial charge in [0, 0.05) is 11.3 Å². The molecule has 5 aliphatic rings. The molecule has 5 aliphatic carbocycles. The van der Waals surface area contributed by atoms with Gasteiger partial charge in [0.05, 0.1) is 17.7 Å². The van der Waals surface area contributed by atoms with E-state index in [0.717, 1.165) is 69.1 Å². The molecule has 0 aromatic heterocycles. The molecule has 5 heteroatoms. The van der Waals surface area contributed by atoms with Gasteiger partial charge in [0.2, 0.25) is 0 Å². The number of allylic oxidation sites excluding steroid dienone is 2. The summed E-state index contributed by atoms with van der Waals surface area (Å²) in [6.45, 7) is 21.5. The van der Waals surface area contributed by atoms with Gasteiger partial charge in [0.25, 0.3) is 0 Å². The van der Waals surface area contributed by atoms with Crippen LogP contribution in [0.15, 0.2) is 41.1 Å². The topological polar surface area (TPSA) is 65.0 Å². The molecule has 45 heavy (non-hydrogen) atoms. The van der Waals surface area contributed by atoms with Crippen LogP contribution in [-0.2, 0) is 25.8 Å². The molecule has 0 heterocycles. The lowest BCUT2D eigenvalue weighted by molar-refractivity contribution is -0.177. The number of benzene rings is 1. The smallest absolute Gasteiger partial charge is 0.311 e. The lowest BCUT2D eigenvalue weighted by atomic mass is 9.33. The fourth-order valence-corrected chi connectivity index (χ4v) is 11.5. The number of nitrogens with zero attached hydrogens (tertiary/aromatic N) is 1. The maximum Gasteiger partial charge on any atom is 0.311 e. The van der Waals surface area contributed by atoms with Crippen molar-refractivity contribution in [3.63, 3.8) is 0 Å². The predicted octanol–water partition coefficient (Wildman–Crippen LogP) is 9.41. The molecule has 0 aliphatic heterocycles. The molecule has 0 N–H and O–H groups in total. The zero-order valence-corrected chi connectivity index (χ0v) is 29.5. The van der Waals surface area contributed by atoms with Crippen molar-refractivity contribution in [1.29, 1.82) is 0 Å². The Hall–Kier alpha value is -2.43. The van der Waals surface area contributed by atoms with Crippen LogP contribution in [0, 0.1) is 57.2 Å². The zero-order valence-electron chi connectivity index (χ0n) is 29.5. The van der Waals surface area contributed by atoms with Crippen molar-refractivity contribution in [3.05, 3.63) is 47.0 Å². The second-order valence-corrected chi connectivity index (χ2v) is 17.5. The second-order valence-electron chi connectivity index (χ2n) is 17.5. The van der Waals surface area contributed by atoms with E-state index in [-0.39, 0.29) is 44.9 Å². The summed E-state index contributed by atoms with van der Waals surface area (Å²) in [5, 5.41) is 4.77. The molecule has 4 fully saturated rings. The zero-order chi connectivity index (χ0) is 32.6. The van der Waals surface area contributed by atoms with Gasteiger partial charge in [0.15, 0.2) is 5.78 Å². The van der Waals surface area contributed by atoms with E-state index >= 15 is 0 Å². The van der Waals surface area contributed by atoms with E-state index in [1.54, 1.807) is 0 Å². The van der Waals surface area contributed by atoms with Crippen molar-refractivity contribution >= 4 is 17.5 Å².